The van der Waals surface area contributed by atoms with Gasteiger partial charge in [-0.1, -0.05) is 37.3 Å². The van der Waals surface area contributed by atoms with Crippen molar-refractivity contribution in [1.82, 2.24) is 0 Å². The maximum Gasteiger partial charge on any atom is 0.184 e. The van der Waals surface area contributed by atoms with Gasteiger partial charge >= 0.3 is 0 Å². The molecule has 0 N–H and O–H groups in total. The Bertz CT molecular complexity index is 482. The van der Waals surface area contributed by atoms with Crippen LogP contribution < -0.4 is 0 Å². The zero-order valence-corrected chi connectivity index (χ0v) is 12.8. The van der Waals surface area contributed by atoms with Crippen molar-refractivity contribution in [2.45, 2.75) is 49.5 Å². The van der Waals surface area contributed by atoms with Crippen LogP contribution in [0.25, 0.3) is 0 Å². The highest BCUT2D eigenvalue weighted by Crippen LogP contribution is 2.46. The van der Waals surface area contributed by atoms with Crippen molar-refractivity contribution < 1.29 is 18.9 Å². The Balaban J connectivity index is 1.42. The number of hydrogen-bond acceptors (Lipinski definition) is 5. The minimum Gasteiger partial charge on any atom is -0.363 e. The first-order chi connectivity index (χ1) is 10.4. The monoisotopic (exact) mass is 308 g/mol. The number of rotatable bonds is 4. The third-order valence-corrected chi connectivity index (χ3v) is 5.43. The van der Waals surface area contributed by atoms with Gasteiger partial charge in [0.15, 0.2) is 6.29 Å². The second-order valence-corrected chi connectivity index (χ2v) is 6.86. The minimum atomic E-state index is -0.305. The Morgan fingerprint density at radius 1 is 1.05 bits per heavy atom. The molecule has 3 saturated heterocycles. The fraction of sp³-hybridized carbons (Fsp3) is 0.625. The van der Waals surface area contributed by atoms with Crippen LogP contribution in [0.5, 0.6) is 0 Å². The molecular weight excluding hydrogens is 288 g/mol. The Morgan fingerprint density at radius 2 is 1.90 bits per heavy atom. The molecule has 0 saturated carbocycles. The van der Waals surface area contributed by atoms with Crippen LogP contribution >= 0.6 is 11.8 Å². The molecule has 1 aromatic rings. The van der Waals surface area contributed by atoms with Gasteiger partial charge in [0.2, 0.25) is 0 Å². The van der Waals surface area contributed by atoms with Gasteiger partial charge in [0.05, 0.1) is 6.61 Å². The number of benzene rings is 1. The van der Waals surface area contributed by atoms with E-state index in [0.717, 1.165) is 17.7 Å². The first kappa shape index (κ1) is 14.0. The Hall–Kier alpha value is -0.590. The summed E-state index contributed by atoms with van der Waals surface area (Å²) in [4.78, 5) is 0. The molecule has 1 unspecified atom stereocenters. The number of hydrogen-bond donors (Lipinski definition) is 0. The third-order valence-electron chi connectivity index (χ3n) is 4.08. The lowest BCUT2D eigenvalue weighted by Gasteiger charge is -2.39. The van der Waals surface area contributed by atoms with Crippen LogP contribution in [0.2, 0.25) is 0 Å². The van der Waals surface area contributed by atoms with Crippen LogP contribution in [0.1, 0.15) is 25.2 Å². The molecule has 4 nitrogen and oxygen atoms in total. The molecule has 6 atom stereocenters. The predicted octanol–water partition coefficient (Wildman–Crippen LogP) is 2.74. The predicted molar refractivity (Wildman–Crippen MR) is 80.1 cm³/mol. The highest BCUT2D eigenvalue weighted by Gasteiger charge is 2.60. The molecule has 0 spiro atoms. The minimum absolute atomic E-state index is 0.00701. The quantitative estimate of drug-likeness (QED) is 0.800. The number of epoxide rings is 1. The van der Waals surface area contributed by atoms with E-state index in [-0.39, 0.29) is 36.1 Å². The first-order valence-electron chi connectivity index (χ1n) is 7.61. The van der Waals surface area contributed by atoms with Gasteiger partial charge in [-0.15, -0.1) is 11.8 Å². The average molecular weight is 308 g/mol. The van der Waals surface area contributed by atoms with E-state index in [1.807, 2.05) is 42.1 Å². The van der Waals surface area contributed by atoms with Gasteiger partial charge in [-0.25, -0.2) is 0 Å². The molecule has 0 aliphatic carbocycles. The van der Waals surface area contributed by atoms with Gasteiger partial charge in [0.25, 0.3) is 0 Å². The van der Waals surface area contributed by atoms with Crippen LogP contribution in [0.3, 0.4) is 0 Å². The third kappa shape index (κ3) is 2.73. The molecule has 3 aliphatic heterocycles. The summed E-state index contributed by atoms with van der Waals surface area (Å²) in [6, 6.07) is 10.0. The fourth-order valence-electron chi connectivity index (χ4n) is 2.97. The lowest BCUT2D eigenvalue weighted by molar-refractivity contribution is -0.276. The number of fused-ring (bicyclic) bond motifs is 3. The topological polar surface area (TPSA) is 40.2 Å². The second-order valence-electron chi connectivity index (χ2n) is 5.66. The molecule has 0 radical (unpaired) electrons. The molecule has 21 heavy (non-hydrogen) atoms. The molecule has 0 bridgehead atoms. The summed E-state index contributed by atoms with van der Waals surface area (Å²) >= 11 is 1.84. The van der Waals surface area contributed by atoms with Crippen LogP contribution in [0.4, 0.5) is 0 Å². The van der Waals surface area contributed by atoms with E-state index in [4.69, 9.17) is 18.9 Å². The fourth-order valence-corrected chi connectivity index (χ4v) is 4.07. The summed E-state index contributed by atoms with van der Waals surface area (Å²) in [6.07, 6.45) is 1.20. The van der Waals surface area contributed by atoms with E-state index in [1.54, 1.807) is 0 Å². The SMILES string of the molecule is CCCS[C@@H]1O[C@@H]2COC(c3ccccc3)O[C@H]2[C@H]2O[C@H]21. The molecule has 0 amide bonds. The first-order valence-corrected chi connectivity index (χ1v) is 8.66. The zero-order valence-electron chi connectivity index (χ0n) is 12.0. The Kier molecular flexibility index (Phi) is 3.94. The largest absolute Gasteiger partial charge is 0.363 e. The van der Waals surface area contributed by atoms with Crippen molar-refractivity contribution in [3.05, 3.63) is 35.9 Å². The average Bonchev–Trinajstić information content (AvgIpc) is 3.34. The summed E-state index contributed by atoms with van der Waals surface area (Å²) in [5, 5.41) is 0. The molecule has 3 heterocycles. The summed E-state index contributed by atoms with van der Waals surface area (Å²) in [5.74, 6) is 1.10. The van der Waals surface area contributed by atoms with Gasteiger partial charge in [0.1, 0.15) is 29.9 Å². The van der Waals surface area contributed by atoms with Crippen molar-refractivity contribution in [3.8, 4) is 0 Å². The second kappa shape index (κ2) is 5.89. The van der Waals surface area contributed by atoms with E-state index in [2.05, 4.69) is 6.92 Å². The Labute approximate surface area is 129 Å². The van der Waals surface area contributed by atoms with E-state index < -0.39 is 0 Å². The molecule has 3 aliphatic rings. The molecule has 1 aromatic carbocycles. The normalized spacial score (nSPS) is 41.2. The summed E-state index contributed by atoms with van der Waals surface area (Å²) < 4.78 is 23.9. The van der Waals surface area contributed by atoms with Crippen LogP contribution in [0, 0.1) is 0 Å². The van der Waals surface area contributed by atoms with Gasteiger partial charge in [-0.2, -0.15) is 0 Å². The number of thioether (sulfide) groups is 1. The number of ether oxygens (including phenoxy) is 4. The molecule has 0 aromatic heterocycles. The summed E-state index contributed by atoms with van der Waals surface area (Å²) in [6.45, 7) is 2.75. The van der Waals surface area contributed by atoms with E-state index >= 15 is 0 Å². The van der Waals surface area contributed by atoms with Crippen molar-refractivity contribution in [2.75, 3.05) is 12.4 Å². The Morgan fingerprint density at radius 3 is 2.71 bits per heavy atom. The van der Waals surface area contributed by atoms with Gasteiger partial charge in [-0.3, -0.25) is 0 Å². The van der Waals surface area contributed by atoms with Crippen molar-refractivity contribution in [1.29, 1.82) is 0 Å². The van der Waals surface area contributed by atoms with Crippen LogP contribution in [-0.2, 0) is 18.9 Å². The van der Waals surface area contributed by atoms with Gasteiger partial charge in [0, 0.05) is 5.56 Å². The zero-order chi connectivity index (χ0) is 14.2. The van der Waals surface area contributed by atoms with E-state index in [9.17, 15) is 0 Å². The summed E-state index contributed by atoms with van der Waals surface area (Å²) in [7, 11) is 0. The lowest BCUT2D eigenvalue weighted by Crippen LogP contribution is -2.51. The van der Waals surface area contributed by atoms with Gasteiger partial charge < -0.3 is 18.9 Å². The lowest BCUT2D eigenvalue weighted by atomic mass is 10.0. The maximum atomic E-state index is 6.12. The van der Waals surface area contributed by atoms with Crippen molar-refractivity contribution >= 4 is 11.8 Å². The molecular formula is C16H20O4S. The van der Waals surface area contributed by atoms with Crippen LogP contribution in [0.15, 0.2) is 30.3 Å². The molecule has 4 rings (SSSR count). The maximum absolute atomic E-state index is 6.12. The highest BCUT2D eigenvalue weighted by molar-refractivity contribution is 7.99. The molecule has 3 fully saturated rings. The van der Waals surface area contributed by atoms with E-state index in [0.29, 0.717) is 6.61 Å². The van der Waals surface area contributed by atoms with E-state index in [1.165, 1.54) is 0 Å². The smallest absolute Gasteiger partial charge is 0.184 e. The van der Waals surface area contributed by atoms with Crippen molar-refractivity contribution in [2.24, 2.45) is 0 Å². The van der Waals surface area contributed by atoms with Crippen molar-refractivity contribution in [3.63, 3.8) is 0 Å². The molecule has 5 heteroatoms. The summed E-state index contributed by atoms with van der Waals surface area (Å²) in [5.41, 5.74) is 1.19. The standard InChI is InChI=1S/C16H20O4S/c1-2-8-21-16-14-13(19-14)12-11(18-16)9-17-15(20-12)10-6-4-3-5-7-10/h3-7,11-16H,2,8-9H2,1H3/t11-,12-,13-,14-,15?,16+/m1/s1. The molecule has 114 valence electrons. The highest BCUT2D eigenvalue weighted by atomic mass is 32.2. The van der Waals surface area contributed by atoms with Crippen LogP contribution in [-0.4, -0.2) is 42.2 Å². The van der Waals surface area contributed by atoms with Gasteiger partial charge in [-0.05, 0) is 12.2 Å².